The van der Waals surface area contributed by atoms with Gasteiger partial charge in [0.15, 0.2) is 0 Å². The molecule has 1 rings (SSSR count). The third-order valence-corrected chi connectivity index (χ3v) is 2.45. The fourth-order valence-corrected chi connectivity index (χ4v) is 1.61. The minimum absolute atomic E-state index is 0.247. The normalized spacial score (nSPS) is 12.8. The first kappa shape index (κ1) is 13.1. The zero-order chi connectivity index (χ0) is 12.3. The average Bonchev–Trinajstić information content (AvgIpc) is 2.22. The maximum Gasteiger partial charge on any atom is 0.232 e. The summed E-state index contributed by atoms with van der Waals surface area (Å²) in [5.74, 6) is -2.44. The molecule has 1 radical (unpaired) electrons. The van der Waals surface area contributed by atoms with Crippen molar-refractivity contribution >= 4 is 21.8 Å². The summed E-state index contributed by atoms with van der Waals surface area (Å²) in [5.41, 5.74) is 4.71. The van der Waals surface area contributed by atoms with Gasteiger partial charge < -0.3 is 10.8 Å². The van der Waals surface area contributed by atoms with Crippen molar-refractivity contribution in [2.45, 2.75) is 6.17 Å². The van der Waals surface area contributed by atoms with Crippen LogP contribution >= 0.6 is 15.9 Å². The summed E-state index contributed by atoms with van der Waals surface area (Å²) in [6.07, 6.45) is -2.00. The molecule has 1 aromatic rings. The van der Waals surface area contributed by atoms with Crippen LogP contribution in [0.2, 0.25) is 0 Å². The summed E-state index contributed by atoms with van der Waals surface area (Å²) in [6, 6.07) is 3.72. The lowest BCUT2D eigenvalue weighted by Crippen LogP contribution is -2.32. The molecule has 16 heavy (non-hydrogen) atoms. The summed E-state index contributed by atoms with van der Waals surface area (Å²) in [7, 11) is 0. The van der Waals surface area contributed by atoms with Gasteiger partial charge in [-0.2, -0.15) is 0 Å². The van der Waals surface area contributed by atoms with Crippen LogP contribution < -0.4 is 5.73 Å². The number of primary amides is 1. The van der Waals surface area contributed by atoms with Crippen LogP contribution in [0.5, 0.6) is 0 Å². The third kappa shape index (κ3) is 2.76. The van der Waals surface area contributed by atoms with E-state index in [0.29, 0.717) is 4.47 Å². The van der Waals surface area contributed by atoms with E-state index in [4.69, 9.17) is 10.8 Å². The summed E-state index contributed by atoms with van der Waals surface area (Å²) in [6.45, 7) is -0.926. The zero-order valence-corrected chi connectivity index (χ0v) is 9.67. The molecule has 0 aromatic heterocycles. The smallest absolute Gasteiger partial charge is 0.232 e. The molecule has 0 aliphatic rings. The van der Waals surface area contributed by atoms with Crippen LogP contribution in [0, 0.1) is 11.7 Å². The van der Waals surface area contributed by atoms with Gasteiger partial charge in [0.05, 0.1) is 6.61 Å². The third-order valence-electron chi connectivity index (χ3n) is 1.96. The first-order chi connectivity index (χ1) is 7.47. The van der Waals surface area contributed by atoms with Gasteiger partial charge in [0, 0.05) is 10.0 Å². The molecule has 0 spiro atoms. The Kier molecular flexibility index (Phi) is 4.37. The van der Waals surface area contributed by atoms with E-state index in [2.05, 4.69) is 15.9 Å². The van der Waals surface area contributed by atoms with Crippen molar-refractivity contribution in [1.82, 2.24) is 0 Å². The predicted octanol–water partition coefficient (Wildman–Crippen LogP) is 1.33. The highest BCUT2D eigenvalue weighted by Gasteiger charge is 2.31. The number of amides is 1. The fraction of sp³-hybridized carbons (Fsp3) is 0.200. The van der Waals surface area contributed by atoms with Crippen LogP contribution in [0.3, 0.4) is 0 Å². The largest absolute Gasteiger partial charge is 0.393 e. The van der Waals surface area contributed by atoms with Gasteiger partial charge in [0.1, 0.15) is 17.9 Å². The molecular weight excluding hydrogens is 284 g/mol. The Morgan fingerprint density at radius 2 is 2.19 bits per heavy atom. The minimum atomic E-state index is -2.00. The van der Waals surface area contributed by atoms with E-state index in [-0.39, 0.29) is 5.56 Å². The highest BCUT2D eigenvalue weighted by molar-refractivity contribution is 9.10. The molecule has 1 amide bonds. The number of aliphatic hydroxyl groups is 1. The lowest BCUT2D eigenvalue weighted by atomic mass is 9.93. The molecule has 3 N–H and O–H groups in total. The van der Waals surface area contributed by atoms with Gasteiger partial charge in [-0.1, -0.05) is 15.9 Å². The number of aliphatic hydroxyl groups excluding tert-OH is 1. The number of hydrogen-bond acceptors (Lipinski definition) is 2. The second-order valence-electron chi connectivity index (χ2n) is 3.05. The molecule has 1 atom stereocenters. The van der Waals surface area contributed by atoms with Gasteiger partial charge in [0.25, 0.3) is 0 Å². The SMILES string of the molecule is NC(=O)[C](c1cc(Br)ccc1F)[C@@H](F)CO. The van der Waals surface area contributed by atoms with Crippen molar-refractivity contribution in [2.24, 2.45) is 5.73 Å². The van der Waals surface area contributed by atoms with E-state index in [9.17, 15) is 13.6 Å². The van der Waals surface area contributed by atoms with Crippen molar-refractivity contribution in [1.29, 1.82) is 0 Å². The second kappa shape index (κ2) is 5.36. The molecule has 0 saturated heterocycles. The molecule has 0 unspecified atom stereocenters. The van der Waals surface area contributed by atoms with Gasteiger partial charge in [0.2, 0.25) is 5.91 Å². The van der Waals surface area contributed by atoms with Crippen LogP contribution in [0.15, 0.2) is 22.7 Å². The van der Waals surface area contributed by atoms with Gasteiger partial charge in [-0.25, -0.2) is 8.78 Å². The molecule has 3 nitrogen and oxygen atoms in total. The quantitative estimate of drug-likeness (QED) is 0.879. The van der Waals surface area contributed by atoms with Gasteiger partial charge >= 0.3 is 0 Å². The van der Waals surface area contributed by atoms with Crippen molar-refractivity contribution in [3.8, 4) is 0 Å². The monoisotopic (exact) mass is 292 g/mol. The predicted molar refractivity (Wildman–Crippen MR) is 57.6 cm³/mol. The number of rotatable bonds is 4. The van der Waals surface area contributed by atoms with E-state index < -0.39 is 30.4 Å². The van der Waals surface area contributed by atoms with Crippen molar-refractivity contribution in [2.75, 3.05) is 6.61 Å². The van der Waals surface area contributed by atoms with Gasteiger partial charge in [-0.15, -0.1) is 0 Å². The Morgan fingerprint density at radius 1 is 1.56 bits per heavy atom. The van der Waals surface area contributed by atoms with Crippen LogP contribution in [-0.4, -0.2) is 23.8 Å². The Hall–Kier alpha value is -1.01. The molecular formula is C10H9BrF2NO2. The van der Waals surface area contributed by atoms with Gasteiger partial charge in [-0.05, 0) is 18.2 Å². The average molecular weight is 293 g/mol. The molecule has 0 saturated carbocycles. The molecule has 0 fully saturated rings. The molecule has 0 aliphatic heterocycles. The Morgan fingerprint density at radius 3 is 2.69 bits per heavy atom. The zero-order valence-electron chi connectivity index (χ0n) is 8.08. The highest BCUT2D eigenvalue weighted by Crippen LogP contribution is 2.26. The standard InChI is InChI=1S/C10H9BrF2NO2/c11-5-1-2-7(12)6(3-5)9(10(14)16)8(13)4-15/h1-3,8,15H,4H2,(H2,14,16)/t8-/m0/s1. The van der Waals surface area contributed by atoms with Crippen LogP contribution in [0.4, 0.5) is 8.78 Å². The molecule has 0 bridgehead atoms. The summed E-state index contributed by atoms with van der Waals surface area (Å²) in [4.78, 5) is 11.0. The van der Waals surface area contributed by atoms with Crippen LogP contribution in [0.25, 0.3) is 0 Å². The first-order valence-electron chi connectivity index (χ1n) is 4.34. The van der Waals surface area contributed by atoms with Crippen molar-refractivity contribution < 1.29 is 18.7 Å². The van der Waals surface area contributed by atoms with E-state index in [1.165, 1.54) is 12.1 Å². The highest BCUT2D eigenvalue weighted by atomic mass is 79.9. The Labute approximate surface area is 99.4 Å². The number of carbonyl (C=O) groups is 1. The molecule has 0 aliphatic carbocycles. The number of benzene rings is 1. The molecule has 0 heterocycles. The second-order valence-corrected chi connectivity index (χ2v) is 3.97. The first-order valence-corrected chi connectivity index (χ1v) is 5.13. The van der Waals surface area contributed by atoms with E-state index in [1.54, 1.807) is 0 Å². The maximum atomic E-state index is 13.4. The van der Waals surface area contributed by atoms with Crippen LogP contribution in [0.1, 0.15) is 5.56 Å². The molecule has 1 aromatic carbocycles. The Bertz CT molecular complexity index is 400. The number of nitrogens with two attached hydrogens (primary N) is 1. The summed E-state index contributed by atoms with van der Waals surface area (Å²) >= 11 is 3.07. The lowest BCUT2D eigenvalue weighted by Gasteiger charge is -2.16. The topological polar surface area (TPSA) is 63.3 Å². The molecule has 6 heteroatoms. The number of hydrogen-bond donors (Lipinski definition) is 2. The molecule has 87 valence electrons. The number of alkyl halides is 1. The summed E-state index contributed by atoms with van der Waals surface area (Å²) < 4.78 is 27.1. The van der Waals surface area contributed by atoms with Crippen molar-refractivity contribution in [3.05, 3.63) is 40.0 Å². The lowest BCUT2D eigenvalue weighted by molar-refractivity contribution is -0.117. The van der Waals surface area contributed by atoms with Gasteiger partial charge in [-0.3, -0.25) is 4.79 Å². The minimum Gasteiger partial charge on any atom is -0.393 e. The van der Waals surface area contributed by atoms with Crippen molar-refractivity contribution in [3.63, 3.8) is 0 Å². The Balaban J connectivity index is 3.20. The van der Waals surface area contributed by atoms with E-state index in [0.717, 1.165) is 6.07 Å². The number of halogens is 3. The summed E-state index contributed by atoms with van der Waals surface area (Å²) in [5, 5.41) is 8.64. The van der Waals surface area contributed by atoms with E-state index in [1.807, 2.05) is 0 Å². The fourth-order valence-electron chi connectivity index (χ4n) is 1.25. The maximum absolute atomic E-state index is 13.4. The van der Waals surface area contributed by atoms with Crippen LogP contribution in [-0.2, 0) is 4.79 Å². The number of carbonyl (C=O) groups excluding carboxylic acids is 1. The van der Waals surface area contributed by atoms with E-state index >= 15 is 0 Å².